The van der Waals surface area contributed by atoms with Crippen LogP contribution in [0.3, 0.4) is 0 Å². The van der Waals surface area contributed by atoms with Crippen molar-refractivity contribution < 1.29 is 9.47 Å². The first-order valence-corrected chi connectivity index (χ1v) is 7.29. The minimum Gasteiger partial charge on any atom is -0.619 e. The van der Waals surface area contributed by atoms with Crippen LogP contribution in [0.25, 0.3) is 11.4 Å². The van der Waals surface area contributed by atoms with E-state index >= 15 is 0 Å². The van der Waals surface area contributed by atoms with Gasteiger partial charge in [0.05, 0.1) is 18.8 Å². The summed E-state index contributed by atoms with van der Waals surface area (Å²) in [5.74, 6) is 0.693. The van der Waals surface area contributed by atoms with Crippen molar-refractivity contribution in [3.63, 3.8) is 0 Å². The van der Waals surface area contributed by atoms with Crippen molar-refractivity contribution >= 4 is 12.2 Å². The highest BCUT2D eigenvalue weighted by molar-refractivity contribution is 7.71. The van der Waals surface area contributed by atoms with Crippen LogP contribution in [0.15, 0.2) is 24.5 Å². The van der Waals surface area contributed by atoms with E-state index in [1.807, 2.05) is 10.6 Å². The second-order valence-corrected chi connectivity index (χ2v) is 5.30. The van der Waals surface area contributed by atoms with Crippen molar-refractivity contribution in [3.8, 4) is 11.4 Å². The Labute approximate surface area is 127 Å². The fourth-order valence-electron chi connectivity index (χ4n) is 2.40. The number of pyridine rings is 1. The van der Waals surface area contributed by atoms with E-state index in [0.29, 0.717) is 10.6 Å². The Kier molecular flexibility index (Phi) is 4.28. The van der Waals surface area contributed by atoms with Gasteiger partial charge in [-0.3, -0.25) is 14.6 Å². The number of nitrogens with zero attached hydrogens (tertiary/aromatic N) is 4. The fourth-order valence-corrected chi connectivity index (χ4v) is 2.62. The molecule has 1 aliphatic rings. The summed E-state index contributed by atoms with van der Waals surface area (Å²) in [4.78, 5) is 2.33. The number of aromatic amines is 1. The van der Waals surface area contributed by atoms with E-state index in [9.17, 15) is 5.21 Å². The number of ether oxygens (including phenoxy) is 1. The molecule has 0 amide bonds. The number of nitrogens with one attached hydrogen (secondary N) is 1. The third-order valence-corrected chi connectivity index (χ3v) is 3.85. The maximum atomic E-state index is 11.4. The van der Waals surface area contributed by atoms with Gasteiger partial charge in [0.15, 0.2) is 23.0 Å². The highest BCUT2D eigenvalue weighted by atomic mass is 32.1. The van der Waals surface area contributed by atoms with Crippen molar-refractivity contribution in [2.45, 2.75) is 6.54 Å². The molecule has 1 fully saturated rings. The summed E-state index contributed by atoms with van der Waals surface area (Å²) < 4.78 is 8.60. The summed E-state index contributed by atoms with van der Waals surface area (Å²) in [5.41, 5.74) is 0.752. The van der Waals surface area contributed by atoms with Crippen LogP contribution in [0, 0.1) is 9.98 Å². The molecule has 0 atom stereocenters. The largest absolute Gasteiger partial charge is 0.619 e. The van der Waals surface area contributed by atoms with Crippen molar-refractivity contribution in [1.82, 2.24) is 19.7 Å². The highest BCUT2D eigenvalue weighted by Gasteiger charge is 2.14. The summed E-state index contributed by atoms with van der Waals surface area (Å²) in [7, 11) is 0. The monoisotopic (exact) mass is 307 g/mol. The molecule has 0 spiro atoms. The van der Waals surface area contributed by atoms with Crippen LogP contribution in [-0.2, 0) is 11.3 Å². The lowest BCUT2D eigenvalue weighted by Gasteiger charge is -2.26. The summed E-state index contributed by atoms with van der Waals surface area (Å²) in [6.07, 6.45) is 2.94. The number of H-pyrrole nitrogens is 1. The Morgan fingerprint density at radius 2 is 2.19 bits per heavy atom. The van der Waals surface area contributed by atoms with Crippen LogP contribution < -0.4 is 4.73 Å². The number of aromatic nitrogens is 4. The molecular weight excluding hydrogens is 290 g/mol. The van der Waals surface area contributed by atoms with Gasteiger partial charge in [-0.2, -0.15) is 9.83 Å². The molecule has 1 saturated heterocycles. The van der Waals surface area contributed by atoms with Crippen LogP contribution in [0.5, 0.6) is 0 Å². The van der Waals surface area contributed by atoms with Gasteiger partial charge in [0.25, 0.3) is 0 Å². The highest BCUT2D eigenvalue weighted by Crippen LogP contribution is 2.15. The quantitative estimate of drug-likeness (QED) is 0.508. The van der Waals surface area contributed by atoms with Crippen LogP contribution in [0.1, 0.15) is 0 Å². The third-order valence-electron chi connectivity index (χ3n) is 3.54. The van der Waals surface area contributed by atoms with Gasteiger partial charge in [0.1, 0.15) is 0 Å². The molecule has 0 aliphatic carbocycles. The predicted molar refractivity (Wildman–Crippen MR) is 79.1 cm³/mol. The van der Waals surface area contributed by atoms with Crippen LogP contribution in [0.4, 0.5) is 0 Å². The van der Waals surface area contributed by atoms with E-state index in [-0.39, 0.29) is 0 Å². The van der Waals surface area contributed by atoms with E-state index in [1.54, 1.807) is 6.07 Å². The number of hydrogen-bond acceptors (Lipinski definition) is 5. The smallest absolute Gasteiger partial charge is 0.195 e. The Morgan fingerprint density at radius 1 is 1.38 bits per heavy atom. The van der Waals surface area contributed by atoms with Crippen molar-refractivity contribution in [1.29, 1.82) is 0 Å². The molecule has 2 aromatic heterocycles. The molecule has 3 heterocycles. The number of hydrogen-bond donors (Lipinski definition) is 1. The molecule has 0 aromatic carbocycles. The first-order chi connectivity index (χ1) is 10.2. The summed E-state index contributed by atoms with van der Waals surface area (Å²) in [6, 6.07) is 3.55. The van der Waals surface area contributed by atoms with Gasteiger partial charge in [-0.25, -0.2) is 0 Å². The van der Waals surface area contributed by atoms with E-state index in [4.69, 9.17) is 17.0 Å². The summed E-state index contributed by atoms with van der Waals surface area (Å²) >= 11 is 5.29. The zero-order valence-corrected chi connectivity index (χ0v) is 12.4. The zero-order valence-electron chi connectivity index (χ0n) is 11.6. The molecular formula is C13H17N5O2S. The number of rotatable bonds is 4. The molecule has 112 valence electrons. The maximum absolute atomic E-state index is 11.4. The molecule has 1 N–H and O–H groups in total. The Morgan fingerprint density at radius 3 is 2.95 bits per heavy atom. The van der Waals surface area contributed by atoms with Gasteiger partial charge < -0.3 is 9.94 Å². The van der Waals surface area contributed by atoms with Gasteiger partial charge in [-0.05, 0) is 18.3 Å². The second-order valence-electron chi connectivity index (χ2n) is 4.91. The molecule has 0 saturated carbocycles. The Hall–Kier alpha value is -1.77. The van der Waals surface area contributed by atoms with Crippen LogP contribution in [0.2, 0.25) is 0 Å². The minimum absolute atomic E-state index is 0.569. The normalized spacial score (nSPS) is 16.2. The molecule has 2 aromatic rings. The molecule has 8 heteroatoms. The first-order valence-electron chi connectivity index (χ1n) is 6.88. The average molecular weight is 307 g/mol. The molecule has 3 rings (SSSR count). The van der Waals surface area contributed by atoms with Gasteiger partial charge in [0.2, 0.25) is 0 Å². The lowest BCUT2D eigenvalue weighted by Crippen LogP contribution is -2.38. The van der Waals surface area contributed by atoms with Crippen LogP contribution >= 0.6 is 12.2 Å². The lowest BCUT2D eigenvalue weighted by atomic mass is 10.2. The molecule has 0 radical (unpaired) electrons. The Bertz CT molecular complexity index is 663. The molecule has 0 unspecified atom stereocenters. The second kappa shape index (κ2) is 6.33. The summed E-state index contributed by atoms with van der Waals surface area (Å²) in [5, 5.41) is 18.5. The first kappa shape index (κ1) is 14.2. The molecule has 0 bridgehead atoms. The molecule has 7 nitrogen and oxygen atoms in total. The van der Waals surface area contributed by atoms with Gasteiger partial charge >= 0.3 is 0 Å². The molecule has 21 heavy (non-hydrogen) atoms. The molecule has 1 aliphatic heterocycles. The topological polar surface area (TPSA) is 73.0 Å². The van der Waals surface area contributed by atoms with Gasteiger partial charge in [-0.15, -0.1) is 0 Å². The van der Waals surface area contributed by atoms with Crippen molar-refractivity contribution in [2.75, 3.05) is 32.8 Å². The van der Waals surface area contributed by atoms with E-state index in [1.165, 1.54) is 12.4 Å². The maximum Gasteiger partial charge on any atom is 0.195 e. The predicted octanol–water partition coefficient (Wildman–Crippen LogP) is 0.573. The van der Waals surface area contributed by atoms with Gasteiger partial charge in [-0.1, -0.05) is 0 Å². The van der Waals surface area contributed by atoms with Crippen LogP contribution in [-0.4, -0.2) is 52.5 Å². The van der Waals surface area contributed by atoms with Crippen molar-refractivity contribution in [3.05, 3.63) is 34.5 Å². The fraction of sp³-hybridized carbons (Fsp3) is 0.462. The van der Waals surface area contributed by atoms with Gasteiger partial charge in [0, 0.05) is 32.2 Å². The van der Waals surface area contributed by atoms with E-state index in [0.717, 1.165) is 49.7 Å². The minimum atomic E-state index is 0.569. The van der Waals surface area contributed by atoms with E-state index < -0.39 is 0 Å². The van der Waals surface area contributed by atoms with Crippen molar-refractivity contribution in [2.24, 2.45) is 0 Å². The third kappa shape index (κ3) is 3.29. The van der Waals surface area contributed by atoms with E-state index in [2.05, 4.69) is 15.1 Å². The zero-order chi connectivity index (χ0) is 14.7. The standard InChI is InChI=1S/C13H17N5O2S/c19-17-3-1-2-11(10-17)12-14-15-13(21)18(12)5-4-16-6-8-20-9-7-16/h1-3,10H,4-9H2,(H,15,21). The summed E-state index contributed by atoms with van der Waals surface area (Å²) in [6.45, 7) is 5.04. The average Bonchev–Trinajstić information content (AvgIpc) is 2.87. The number of morpholine rings is 1. The SMILES string of the molecule is [O-][n+]1cccc(-c2n[nH]c(=S)n2CCN2CCOCC2)c1. The lowest BCUT2D eigenvalue weighted by molar-refractivity contribution is -0.604. The Balaban J connectivity index is 1.78.